The van der Waals surface area contributed by atoms with Crippen molar-refractivity contribution in [2.24, 2.45) is 0 Å². The molecule has 7 heteroatoms. The van der Waals surface area contributed by atoms with Gasteiger partial charge in [-0.3, -0.25) is 4.79 Å². The molecule has 3 rings (SSSR count). The molecule has 6 nitrogen and oxygen atoms in total. The van der Waals surface area contributed by atoms with Crippen molar-refractivity contribution in [3.05, 3.63) is 67.0 Å². The molecule has 0 atom stereocenters. The van der Waals surface area contributed by atoms with Crippen molar-refractivity contribution < 1.29 is 13.9 Å². The molecule has 122 valence electrons. The summed E-state index contributed by atoms with van der Waals surface area (Å²) in [5.74, 6) is -0.510. The lowest BCUT2D eigenvalue weighted by atomic mass is 10.2. The number of anilines is 1. The summed E-state index contributed by atoms with van der Waals surface area (Å²) in [7, 11) is 0. The fourth-order valence-corrected chi connectivity index (χ4v) is 2.08. The van der Waals surface area contributed by atoms with Crippen LogP contribution in [0.2, 0.25) is 0 Å². The highest BCUT2D eigenvalue weighted by Gasteiger charge is 2.06. The van der Waals surface area contributed by atoms with Crippen molar-refractivity contribution in [1.29, 1.82) is 0 Å². The van der Waals surface area contributed by atoms with Crippen molar-refractivity contribution in [2.45, 2.75) is 6.42 Å². The maximum Gasteiger partial charge on any atom is 0.227 e. The third-order valence-corrected chi connectivity index (χ3v) is 3.26. The first kappa shape index (κ1) is 15.7. The summed E-state index contributed by atoms with van der Waals surface area (Å²) in [6, 6.07) is 13.3. The minimum atomic E-state index is -0.443. The minimum Gasteiger partial charge on any atom is -0.490 e. The molecule has 1 heterocycles. The van der Waals surface area contributed by atoms with Crippen LogP contribution in [0.4, 0.5) is 10.1 Å². The summed E-state index contributed by atoms with van der Waals surface area (Å²) < 4.78 is 20.3. The van der Waals surface area contributed by atoms with E-state index < -0.39 is 5.82 Å². The molecule has 0 unspecified atom stereocenters. The Bertz CT molecular complexity index is 804. The zero-order valence-electron chi connectivity index (χ0n) is 12.7. The molecule has 0 fully saturated rings. The van der Waals surface area contributed by atoms with Crippen molar-refractivity contribution in [3.8, 4) is 11.4 Å². The van der Waals surface area contributed by atoms with Crippen LogP contribution >= 0.6 is 0 Å². The molecule has 0 aliphatic rings. The van der Waals surface area contributed by atoms with Crippen molar-refractivity contribution in [2.75, 3.05) is 11.9 Å². The monoisotopic (exact) mass is 326 g/mol. The van der Waals surface area contributed by atoms with Gasteiger partial charge in [0.25, 0.3) is 0 Å². The van der Waals surface area contributed by atoms with Crippen LogP contribution in [0.5, 0.6) is 5.75 Å². The summed E-state index contributed by atoms with van der Waals surface area (Å²) in [6.07, 6.45) is 3.16. The molecule has 0 aliphatic heterocycles. The van der Waals surface area contributed by atoms with Gasteiger partial charge in [-0.2, -0.15) is 5.10 Å². The zero-order valence-corrected chi connectivity index (χ0v) is 12.7. The van der Waals surface area contributed by atoms with Crippen LogP contribution in [-0.2, 0) is 4.79 Å². The van der Waals surface area contributed by atoms with Crippen LogP contribution in [0.25, 0.3) is 5.69 Å². The Kier molecular flexibility index (Phi) is 4.81. The Morgan fingerprint density at radius 3 is 2.67 bits per heavy atom. The first-order valence-electron chi connectivity index (χ1n) is 7.34. The van der Waals surface area contributed by atoms with E-state index in [1.165, 1.54) is 18.5 Å². The highest BCUT2D eigenvalue weighted by molar-refractivity contribution is 5.90. The summed E-state index contributed by atoms with van der Waals surface area (Å²) in [4.78, 5) is 15.8. The minimum absolute atomic E-state index is 0.101. The van der Waals surface area contributed by atoms with Gasteiger partial charge >= 0.3 is 0 Å². The van der Waals surface area contributed by atoms with Crippen LogP contribution < -0.4 is 10.1 Å². The summed E-state index contributed by atoms with van der Waals surface area (Å²) in [5.41, 5.74) is 1.50. The molecular formula is C17H15FN4O2. The second-order valence-electron chi connectivity index (χ2n) is 4.96. The number of carbonyl (C=O) groups excluding carboxylic acids is 1. The fraction of sp³-hybridized carbons (Fsp3) is 0.118. The van der Waals surface area contributed by atoms with Gasteiger partial charge in [-0.25, -0.2) is 14.1 Å². The molecule has 1 aromatic heterocycles. The second kappa shape index (κ2) is 7.36. The maximum absolute atomic E-state index is 13.4. The topological polar surface area (TPSA) is 69.0 Å². The molecule has 0 radical (unpaired) electrons. The van der Waals surface area contributed by atoms with Gasteiger partial charge in [0.1, 0.15) is 12.7 Å². The van der Waals surface area contributed by atoms with Crippen molar-refractivity contribution >= 4 is 11.6 Å². The normalized spacial score (nSPS) is 10.4. The molecule has 0 saturated heterocycles. The Morgan fingerprint density at radius 2 is 1.96 bits per heavy atom. The quantitative estimate of drug-likeness (QED) is 0.756. The van der Waals surface area contributed by atoms with E-state index in [1.54, 1.807) is 35.3 Å². The zero-order chi connectivity index (χ0) is 16.8. The van der Waals surface area contributed by atoms with E-state index in [2.05, 4.69) is 15.4 Å². The Hall–Kier alpha value is -3.22. The number of hydrogen-bond acceptors (Lipinski definition) is 4. The number of benzene rings is 2. The van der Waals surface area contributed by atoms with Crippen LogP contribution in [0, 0.1) is 5.82 Å². The van der Waals surface area contributed by atoms with Gasteiger partial charge in [0.15, 0.2) is 11.6 Å². The van der Waals surface area contributed by atoms with Gasteiger partial charge in [0, 0.05) is 5.69 Å². The van der Waals surface area contributed by atoms with E-state index in [1.807, 2.05) is 12.1 Å². The summed E-state index contributed by atoms with van der Waals surface area (Å²) in [6.45, 7) is 0.101. The third-order valence-electron chi connectivity index (χ3n) is 3.26. The van der Waals surface area contributed by atoms with E-state index in [-0.39, 0.29) is 24.7 Å². The lowest BCUT2D eigenvalue weighted by molar-refractivity contribution is -0.116. The average molecular weight is 326 g/mol. The largest absolute Gasteiger partial charge is 0.490 e. The predicted octanol–water partition coefficient (Wildman–Crippen LogP) is 2.81. The molecule has 0 saturated carbocycles. The van der Waals surface area contributed by atoms with E-state index in [4.69, 9.17) is 4.74 Å². The third kappa shape index (κ3) is 3.95. The lowest BCUT2D eigenvalue weighted by Gasteiger charge is -2.08. The fourth-order valence-electron chi connectivity index (χ4n) is 2.08. The Balaban J connectivity index is 1.49. The number of nitrogens with one attached hydrogen (secondary N) is 1. The molecule has 0 spiro atoms. The number of para-hydroxylation sites is 1. The number of hydrogen-bond donors (Lipinski definition) is 1. The van der Waals surface area contributed by atoms with Gasteiger partial charge < -0.3 is 10.1 Å². The number of amides is 1. The van der Waals surface area contributed by atoms with E-state index in [0.29, 0.717) is 5.69 Å². The predicted molar refractivity (Wildman–Crippen MR) is 86.5 cm³/mol. The standard InChI is InChI=1S/C17H15FN4O2/c18-15-3-1-2-4-16(15)24-10-9-17(23)21-13-5-7-14(8-6-13)22-12-19-11-20-22/h1-8,11-12H,9-10H2,(H,21,23). The average Bonchev–Trinajstić information content (AvgIpc) is 3.12. The number of nitrogens with zero attached hydrogens (tertiary/aromatic N) is 3. The summed E-state index contributed by atoms with van der Waals surface area (Å²) >= 11 is 0. The molecule has 24 heavy (non-hydrogen) atoms. The first-order valence-corrected chi connectivity index (χ1v) is 7.34. The second-order valence-corrected chi connectivity index (χ2v) is 4.96. The number of rotatable bonds is 6. The number of ether oxygens (including phenoxy) is 1. The van der Waals surface area contributed by atoms with E-state index >= 15 is 0 Å². The van der Waals surface area contributed by atoms with Gasteiger partial charge in [0.05, 0.1) is 18.7 Å². The molecule has 1 amide bonds. The maximum atomic E-state index is 13.4. The van der Waals surface area contributed by atoms with Gasteiger partial charge in [-0.05, 0) is 36.4 Å². The Morgan fingerprint density at radius 1 is 1.17 bits per heavy atom. The molecule has 2 aromatic carbocycles. The van der Waals surface area contributed by atoms with Crippen LogP contribution in [0.1, 0.15) is 6.42 Å². The van der Waals surface area contributed by atoms with Crippen LogP contribution in [0.15, 0.2) is 61.2 Å². The van der Waals surface area contributed by atoms with Crippen LogP contribution in [-0.4, -0.2) is 27.3 Å². The molecule has 3 aromatic rings. The van der Waals surface area contributed by atoms with E-state index in [0.717, 1.165) is 5.69 Å². The molecule has 0 aliphatic carbocycles. The number of aromatic nitrogens is 3. The van der Waals surface area contributed by atoms with Crippen molar-refractivity contribution in [1.82, 2.24) is 14.8 Å². The molecule has 0 bridgehead atoms. The molecular weight excluding hydrogens is 311 g/mol. The van der Waals surface area contributed by atoms with Crippen LogP contribution in [0.3, 0.4) is 0 Å². The first-order chi connectivity index (χ1) is 11.7. The Labute approximate surface area is 137 Å². The summed E-state index contributed by atoms with van der Waals surface area (Å²) in [5, 5.41) is 6.78. The van der Waals surface area contributed by atoms with Gasteiger partial charge in [-0.15, -0.1) is 0 Å². The van der Waals surface area contributed by atoms with E-state index in [9.17, 15) is 9.18 Å². The van der Waals surface area contributed by atoms with Gasteiger partial charge in [-0.1, -0.05) is 12.1 Å². The number of carbonyl (C=O) groups is 1. The van der Waals surface area contributed by atoms with Crippen molar-refractivity contribution in [3.63, 3.8) is 0 Å². The SMILES string of the molecule is O=C(CCOc1ccccc1F)Nc1ccc(-n2cncn2)cc1. The number of halogens is 1. The highest BCUT2D eigenvalue weighted by atomic mass is 19.1. The molecule has 1 N–H and O–H groups in total. The lowest BCUT2D eigenvalue weighted by Crippen LogP contribution is -2.15. The van der Waals surface area contributed by atoms with Gasteiger partial charge in [0.2, 0.25) is 5.91 Å². The highest BCUT2D eigenvalue weighted by Crippen LogP contribution is 2.16. The smallest absolute Gasteiger partial charge is 0.227 e.